The maximum absolute atomic E-state index is 11.8. The maximum atomic E-state index is 11.8. The third-order valence-electron chi connectivity index (χ3n) is 5.77. The quantitative estimate of drug-likeness (QED) is 0.389. The van der Waals surface area contributed by atoms with Crippen molar-refractivity contribution in [1.29, 1.82) is 0 Å². The van der Waals surface area contributed by atoms with Gasteiger partial charge in [-0.05, 0) is 33.1 Å². The molecule has 0 unspecified atom stereocenters. The Morgan fingerprint density at radius 3 is 2.80 bits per heavy atom. The normalized spacial score (nSPS) is 53.2. The number of esters is 1. The summed E-state index contributed by atoms with van der Waals surface area (Å²) in [4.78, 5) is 11.8. The lowest BCUT2D eigenvalue weighted by molar-refractivity contribution is -0.188. The molecule has 4 rings (SSSR count). The Kier molecular flexibility index (Phi) is 2.00. The molecule has 5 nitrogen and oxygen atoms in total. The van der Waals surface area contributed by atoms with Crippen molar-refractivity contribution in [2.45, 2.75) is 56.2 Å². The van der Waals surface area contributed by atoms with Gasteiger partial charge in [-0.25, -0.2) is 4.79 Å². The zero-order chi connectivity index (χ0) is 14.5. The first-order valence-electron chi connectivity index (χ1n) is 6.98. The van der Waals surface area contributed by atoms with Crippen molar-refractivity contribution < 1.29 is 24.5 Å². The molecule has 0 radical (unpaired) electrons. The molecule has 1 saturated heterocycles. The lowest BCUT2D eigenvalue weighted by Gasteiger charge is -2.33. The van der Waals surface area contributed by atoms with Crippen molar-refractivity contribution >= 4 is 5.97 Å². The number of hydrogen-bond donors (Lipinski definition) is 2. The predicted molar refractivity (Wildman–Crippen MR) is 68.5 cm³/mol. The summed E-state index contributed by atoms with van der Waals surface area (Å²) in [6.45, 7) is 7.48. The molecule has 2 saturated carbocycles. The smallest absolute Gasteiger partial charge is 0.336 e. The van der Waals surface area contributed by atoms with E-state index in [1.165, 1.54) is 0 Å². The topological polar surface area (TPSA) is 79.3 Å². The fraction of sp³-hybridized carbons (Fsp3) is 0.667. The van der Waals surface area contributed by atoms with Crippen LogP contribution in [0.4, 0.5) is 0 Å². The van der Waals surface area contributed by atoms with Gasteiger partial charge in [-0.15, -0.1) is 0 Å². The van der Waals surface area contributed by atoms with E-state index in [4.69, 9.17) is 9.47 Å². The van der Waals surface area contributed by atoms with Crippen molar-refractivity contribution in [3.8, 4) is 0 Å². The second-order valence-corrected chi connectivity index (χ2v) is 6.63. The van der Waals surface area contributed by atoms with E-state index in [-0.39, 0.29) is 5.92 Å². The minimum absolute atomic E-state index is 0.203. The van der Waals surface area contributed by atoms with Gasteiger partial charge in [0.05, 0.1) is 0 Å². The average molecular weight is 278 g/mol. The molecule has 20 heavy (non-hydrogen) atoms. The molecule has 0 spiro atoms. The van der Waals surface area contributed by atoms with Crippen LogP contribution in [-0.4, -0.2) is 39.3 Å². The van der Waals surface area contributed by atoms with Gasteiger partial charge >= 0.3 is 5.97 Å². The monoisotopic (exact) mass is 278 g/mol. The van der Waals surface area contributed by atoms with E-state index >= 15 is 0 Å². The Labute approximate surface area is 116 Å². The first-order valence-corrected chi connectivity index (χ1v) is 6.98. The average Bonchev–Trinajstić information content (AvgIpc) is 2.95. The highest BCUT2D eigenvalue weighted by Gasteiger charge is 2.79. The van der Waals surface area contributed by atoms with Crippen LogP contribution in [0.15, 0.2) is 23.3 Å². The van der Waals surface area contributed by atoms with Crippen molar-refractivity contribution in [2.75, 3.05) is 0 Å². The van der Waals surface area contributed by atoms with Crippen LogP contribution in [0.5, 0.6) is 0 Å². The number of carbonyl (C=O) groups is 1. The van der Waals surface area contributed by atoms with Gasteiger partial charge in [0.2, 0.25) is 0 Å². The fourth-order valence-electron chi connectivity index (χ4n) is 4.32. The highest BCUT2D eigenvalue weighted by Crippen LogP contribution is 2.65. The van der Waals surface area contributed by atoms with Crippen LogP contribution in [0, 0.1) is 5.92 Å². The summed E-state index contributed by atoms with van der Waals surface area (Å²) in [6, 6.07) is 0. The lowest BCUT2D eigenvalue weighted by Crippen LogP contribution is -2.49. The highest BCUT2D eigenvalue weighted by molar-refractivity contribution is 5.92. The molecule has 0 aromatic carbocycles. The first-order chi connectivity index (χ1) is 9.24. The molecular weight excluding hydrogens is 260 g/mol. The van der Waals surface area contributed by atoms with Gasteiger partial charge < -0.3 is 19.7 Å². The molecule has 2 heterocycles. The highest BCUT2D eigenvalue weighted by atomic mass is 16.7. The molecule has 5 atom stereocenters. The predicted octanol–water partition coefficient (Wildman–Crippen LogP) is 0.807. The van der Waals surface area contributed by atoms with Gasteiger partial charge in [0, 0.05) is 17.1 Å². The molecule has 4 aliphatic rings. The van der Waals surface area contributed by atoms with Crippen molar-refractivity contribution in [1.82, 2.24) is 0 Å². The lowest BCUT2D eigenvalue weighted by atomic mass is 9.77. The summed E-state index contributed by atoms with van der Waals surface area (Å²) >= 11 is 0. The molecule has 108 valence electrons. The molecule has 0 aromatic rings. The SMILES string of the molecule is C=C1CC[C@]2(O)[C@@H]1CC1=C(C)C(=O)O[C@@]1(O)[C@@H]1O[C@@]12C. The van der Waals surface area contributed by atoms with Crippen molar-refractivity contribution in [3.05, 3.63) is 23.3 Å². The molecule has 2 aliphatic carbocycles. The third kappa shape index (κ3) is 1.10. The van der Waals surface area contributed by atoms with E-state index in [0.717, 1.165) is 12.0 Å². The molecule has 2 N–H and O–H groups in total. The molecule has 0 aromatic heterocycles. The van der Waals surface area contributed by atoms with E-state index in [2.05, 4.69) is 6.58 Å². The number of rotatable bonds is 0. The van der Waals surface area contributed by atoms with Crippen LogP contribution in [-0.2, 0) is 14.3 Å². The van der Waals surface area contributed by atoms with E-state index in [0.29, 0.717) is 24.0 Å². The van der Waals surface area contributed by atoms with Crippen LogP contribution in [0.2, 0.25) is 0 Å². The largest absolute Gasteiger partial charge is 0.423 e. The van der Waals surface area contributed by atoms with Crippen LogP contribution < -0.4 is 0 Å². The zero-order valence-electron chi connectivity index (χ0n) is 11.6. The van der Waals surface area contributed by atoms with Crippen molar-refractivity contribution in [2.24, 2.45) is 5.92 Å². The molecule has 0 bridgehead atoms. The summed E-state index contributed by atoms with van der Waals surface area (Å²) in [6.07, 6.45) is 1.01. The van der Waals surface area contributed by atoms with E-state index in [1.807, 2.05) is 0 Å². The minimum atomic E-state index is -1.73. The second-order valence-electron chi connectivity index (χ2n) is 6.63. The van der Waals surface area contributed by atoms with E-state index in [1.54, 1.807) is 13.8 Å². The summed E-state index contributed by atoms with van der Waals surface area (Å²) in [5.74, 6) is -2.43. The Morgan fingerprint density at radius 1 is 1.40 bits per heavy atom. The number of aliphatic hydroxyl groups is 2. The molecule has 3 fully saturated rings. The summed E-state index contributed by atoms with van der Waals surface area (Å²) < 4.78 is 10.9. The Bertz CT molecular complexity index is 593. The minimum Gasteiger partial charge on any atom is -0.423 e. The fourth-order valence-corrected chi connectivity index (χ4v) is 4.32. The molecule has 2 aliphatic heterocycles. The first kappa shape index (κ1) is 12.6. The molecule has 5 heteroatoms. The van der Waals surface area contributed by atoms with Gasteiger partial charge in [-0.3, -0.25) is 0 Å². The van der Waals surface area contributed by atoms with E-state index in [9.17, 15) is 15.0 Å². The summed E-state index contributed by atoms with van der Waals surface area (Å²) in [5.41, 5.74) is -0.0195. The Balaban J connectivity index is 1.91. The van der Waals surface area contributed by atoms with Gasteiger partial charge in [-0.1, -0.05) is 12.2 Å². The van der Waals surface area contributed by atoms with Gasteiger partial charge in [0.25, 0.3) is 5.79 Å². The van der Waals surface area contributed by atoms with Crippen LogP contribution >= 0.6 is 0 Å². The number of hydrogen-bond acceptors (Lipinski definition) is 5. The Morgan fingerprint density at radius 2 is 2.10 bits per heavy atom. The molecule has 0 amide bonds. The van der Waals surface area contributed by atoms with E-state index < -0.39 is 29.1 Å². The van der Waals surface area contributed by atoms with Crippen LogP contribution in [0.1, 0.15) is 33.1 Å². The zero-order valence-corrected chi connectivity index (χ0v) is 11.6. The van der Waals surface area contributed by atoms with Crippen LogP contribution in [0.3, 0.4) is 0 Å². The number of ether oxygens (including phenoxy) is 2. The standard InChI is InChI=1S/C15H18O5/c1-7-4-5-14(17)9(7)6-10-8(2)11(16)19-15(10,18)12-13(14,3)20-12/h9,12,17-18H,1,4-6H2,2-3H3/t9-,12-,13+,14+,15-/m1/s1. The molecular formula is C15H18O5. The summed E-state index contributed by atoms with van der Waals surface area (Å²) in [5, 5.41) is 21.9. The number of epoxide rings is 1. The second kappa shape index (κ2) is 3.18. The number of fused-ring (bicyclic) bond motifs is 5. The van der Waals surface area contributed by atoms with Gasteiger partial charge in [0.15, 0.2) is 6.10 Å². The summed E-state index contributed by atoms with van der Waals surface area (Å²) in [7, 11) is 0. The third-order valence-corrected chi connectivity index (χ3v) is 5.77. The van der Waals surface area contributed by atoms with Gasteiger partial charge in [0.1, 0.15) is 11.2 Å². The van der Waals surface area contributed by atoms with Crippen molar-refractivity contribution in [3.63, 3.8) is 0 Å². The van der Waals surface area contributed by atoms with Crippen LogP contribution in [0.25, 0.3) is 0 Å². The maximum Gasteiger partial charge on any atom is 0.336 e. The number of carbonyl (C=O) groups excluding carboxylic acids is 1. The van der Waals surface area contributed by atoms with Gasteiger partial charge in [-0.2, -0.15) is 0 Å². The Hall–Kier alpha value is -1.17.